The van der Waals surface area contributed by atoms with E-state index in [1.807, 2.05) is 34.6 Å². The molecule has 0 fully saturated rings. The molecule has 4 heteroatoms. The average Bonchev–Trinajstić information content (AvgIpc) is 1.98. The van der Waals surface area contributed by atoms with Gasteiger partial charge in [0.25, 0.3) is 0 Å². The Balaban J connectivity index is 4.14. The Morgan fingerprint density at radius 2 is 1.73 bits per heavy atom. The van der Waals surface area contributed by atoms with Gasteiger partial charge in [-0.05, 0) is 20.8 Å². The van der Waals surface area contributed by atoms with E-state index in [1.54, 1.807) is 7.05 Å². The first-order chi connectivity index (χ1) is 6.63. The van der Waals surface area contributed by atoms with Gasteiger partial charge in [0.1, 0.15) is 0 Å². The number of carbonyl (C=O) groups excluding carboxylic acids is 2. The summed E-state index contributed by atoms with van der Waals surface area (Å²) in [6.07, 6.45) is 0. The number of hydrogen-bond donors (Lipinski definition) is 1. The third-order valence-electron chi connectivity index (χ3n) is 1.77. The molecule has 0 bridgehead atoms. The Morgan fingerprint density at radius 1 is 1.27 bits per heavy atom. The zero-order chi connectivity index (χ0) is 12.2. The lowest BCUT2D eigenvalue weighted by Crippen LogP contribution is -2.46. The van der Waals surface area contributed by atoms with Gasteiger partial charge < -0.3 is 10.2 Å². The molecule has 0 aromatic rings. The van der Waals surface area contributed by atoms with Crippen molar-refractivity contribution in [3.63, 3.8) is 0 Å². The molecule has 0 saturated heterocycles. The average molecular weight is 214 g/mol. The van der Waals surface area contributed by atoms with Gasteiger partial charge in [-0.25, -0.2) is 0 Å². The van der Waals surface area contributed by atoms with Crippen molar-refractivity contribution in [1.82, 2.24) is 10.2 Å². The summed E-state index contributed by atoms with van der Waals surface area (Å²) in [5.74, 6) is -0.213. The Morgan fingerprint density at radius 3 is 2.07 bits per heavy atom. The van der Waals surface area contributed by atoms with Crippen molar-refractivity contribution in [2.45, 2.75) is 40.2 Å². The molecule has 0 aliphatic carbocycles. The van der Waals surface area contributed by atoms with Gasteiger partial charge in [-0.2, -0.15) is 0 Å². The molecule has 0 heterocycles. The highest BCUT2D eigenvalue weighted by Gasteiger charge is 2.18. The van der Waals surface area contributed by atoms with Crippen molar-refractivity contribution in [1.29, 1.82) is 0 Å². The Kier molecular flexibility index (Phi) is 4.78. The van der Waals surface area contributed by atoms with E-state index in [0.717, 1.165) is 0 Å². The van der Waals surface area contributed by atoms with Gasteiger partial charge in [0.05, 0.1) is 6.54 Å². The van der Waals surface area contributed by atoms with Crippen molar-refractivity contribution in [3.05, 3.63) is 0 Å². The maximum Gasteiger partial charge on any atom is 0.240 e. The first kappa shape index (κ1) is 13.9. The van der Waals surface area contributed by atoms with E-state index in [2.05, 4.69) is 5.32 Å². The highest BCUT2D eigenvalue weighted by molar-refractivity contribution is 5.85. The molecule has 0 saturated carbocycles. The molecule has 0 aromatic carbocycles. The van der Waals surface area contributed by atoms with Gasteiger partial charge in [-0.15, -0.1) is 0 Å². The van der Waals surface area contributed by atoms with E-state index in [1.165, 1.54) is 4.90 Å². The quantitative estimate of drug-likeness (QED) is 0.762. The van der Waals surface area contributed by atoms with E-state index in [0.29, 0.717) is 0 Å². The number of amides is 2. The molecule has 0 atom stereocenters. The molecular weight excluding hydrogens is 192 g/mol. The summed E-state index contributed by atoms with van der Waals surface area (Å²) in [6.45, 7) is 9.49. The second kappa shape index (κ2) is 5.14. The summed E-state index contributed by atoms with van der Waals surface area (Å²) in [5, 5.41) is 2.81. The normalized spacial score (nSPS) is 11.4. The van der Waals surface area contributed by atoms with Crippen molar-refractivity contribution in [3.8, 4) is 0 Å². The van der Waals surface area contributed by atoms with E-state index in [4.69, 9.17) is 0 Å². The molecule has 15 heavy (non-hydrogen) atoms. The summed E-state index contributed by atoms with van der Waals surface area (Å²) >= 11 is 0. The van der Waals surface area contributed by atoms with Gasteiger partial charge >= 0.3 is 0 Å². The van der Waals surface area contributed by atoms with Crippen molar-refractivity contribution < 1.29 is 9.59 Å². The molecule has 0 aliphatic rings. The van der Waals surface area contributed by atoms with Crippen LogP contribution in [0.4, 0.5) is 0 Å². The van der Waals surface area contributed by atoms with E-state index in [-0.39, 0.29) is 29.8 Å². The van der Waals surface area contributed by atoms with Gasteiger partial charge in [0, 0.05) is 18.5 Å². The highest BCUT2D eigenvalue weighted by atomic mass is 16.2. The van der Waals surface area contributed by atoms with Crippen LogP contribution in [0.15, 0.2) is 0 Å². The van der Waals surface area contributed by atoms with Crippen LogP contribution in [0, 0.1) is 5.92 Å². The summed E-state index contributed by atoms with van der Waals surface area (Å²) in [4.78, 5) is 24.4. The molecule has 0 aliphatic heterocycles. The van der Waals surface area contributed by atoms with Crippen molar-refractivity contribution in [2.75, 3.05) is 13.6 Å². The minimum absolute atomic E-state index is 0.0148. The molecule has 0 radical (unpaired) electrons. The van der Waals surface area contributed by atoms with Gasteiger partial charge in [0.2, 0.25) is 11.8 Å². The second-order valence-corrected chi connectivity index (χ2v) is 5.15. The first-order valence-electron chi connectivity index (χ1n) is 5.19. The van der Waals surface area contributed by atoms with Crippen molar-refractivity contribution in [2.24, 2.45) is 5.92 Å². The zero-order valence-electron chi connectivity index (χ0n) is 10.5. The lowest BCUT2D eigenvalue weighted by atomic mass is 10.1. The van der Waals surface area contributed by atoms with Crippen LogP contribution in [-0.2, 0) is 9.59 Å². The minimum atomic E-state index is -0.251. The van der Waals surface area contributed by atoms with E-state index < -0.39 is 0 Å². The SMILES string of the molecule is CC(C)C(=O)N(C)CC(=O)NC(C)(C)C. The minimum Gasteiger partial charge on any atom is -0.350 e. The number of nitrogens with zero attached hydrogens (tertiary/aromatic N) is 1. The number of nitrogens with one attached hydrogen (secondary N) is 1. The lowest BCUT2D eigenvalue weighted by molar-refractivity contribution is -0.137. The predicted molar refractivity (Wildman–Crippen MR) is 60.4 cm³/mol. The van der Waals surface area contributed by atoms with Gasteiger partial charge in [-0.3, -0.25) is 9.59 Å². The molecule has 88 valence electrons. The van der Waals surface area contributed by atoms with Crippen LogP contribution in [0.2, 0.25) is 0 Å². The van der Waals surface area contributed by atoms with Crippen molar-refractivity contribution >= 4 is 11.8 Å². The monoisotopic (exact) mass is 214 g/mol. The molecule has 1 N–H and O–H groups in total. The lowest BCUT2D eigenvalue weighted by Gasteiger charge is -2.24. The molecule has 2 amide bonds. The maximum atomic E-state index is 11.5. The number of hydrogen-bond acceptors (Lipinski definition) is 2. The first-order valence-corrected chi connectivity index (χ1v) is 5.19. The number of carbonyl (C=O) groups is 2. The highest BCUT2D eigenvalue weighted by Crippen LogP contribution is 2.01. The van der Waals surface area contributed by atoms with E-state index in [9.17, 15) is 9.59 Å². The fourth-order valence-corrected chi connectivity index (χ4v) is 1.19. The van der Waals surface area contributed by atoms with Crippen LogP contribution in [0.25, 0.3) is 0 Å². The Labute approximate surface area is 92.0 Å². The topological polar surface area (TPSA) is 49.4 Å². The third-order valence-corrected chi connectivity index (χ3v) is 1.77. The number of rotatable bonds is 3. The summed E-state index contributed by atoms with van der Waals surface area (Å²) in [5.41, 5.74) is -0.251. The van der Waals surface area contributed by atoms with Crippen LogP contribution in [0.5, 0.6) is 0 Å². The molecular formula is C11H22N2O2. The van der Waals surface area contributed by atoms with Gasteiger partial charge in [-0.1, -0.05) is 13.8 Å². The van der Waals surface area contributed by atoms with E-state index >= 15 is 0 Å². The van der Waals surface area contributed by atoms with Crippen LogP contribution in [0.3, 0.4) is 0 Å². The Bertz CT molecular complexity index is 241. The van der Waals surface area contributed by atoms with Gasteiger partial charge in [0.15, 0.2) is 0 Å². The molecule has 0 aromatic heterocycles. The molecule has 0 spiro atoms. The standard InChI is InChI=1S/C11H22N2O2/c1-8(2)10(15)13(6)7-9(14)12-11(3,4)5/h8H,7H2,1-6H3,(H,12,14). The maximum absolute atomic E-state index is 11.5. The summed E-state index contributed by atoms with van der Waals surface area (Å²) in [6, 6.07) is 0. The molecule has 4 nitrogen and oxygen atoms in total. The smallest absolute Gasteiger partial charge is 0.240 e. The molecule has 0 unspecified atom stereocenters. The second-order valence-electron chi connectivity index (χ2n) is 5.15. The molecule has 0 rings (SSSR count). The Hall–Kier alpha value is -1.06. The van der Waals surface area contributed by atoms with Crippen LogP contribution in [-0.4, -0.2) is 35.8 Å². The zero-order valence-corrected chi connectivity index (χ0v) is 10.5. The van der Waals surface area contributed by atoms with Crippen LogP contribution >= 0.6 is 0 Å². The fourth-order valence-electron chi connectivity index (χ4n) is 1.19. The fraction of sp³-hybridized carbons (Fsp3) is 0.818. The number of likely N-dealkylation sites (N-methyl/N-ethyl adjacent to an activating group) is 1. The largest absolute Gasteiger partial charge is 0.350 e. The summed E-state index contributed by atoms with van der Waals surface area (Å²) < 4.78 is 0. The third kappa shape index (κ3) is 6.10. The van der Waals surface area contributed by atoms with Crippen LogP contribution < -0.4 is 5.32 Å². The van der Waals surface area contributed by atoms with Crippen LogP contribution in [0.1, 0.15) is 34.6 Å². The summed E-state index contributed by atoms with van der Waals surface area (Å²) in [7, 11) is 1.64. The predicted octanol–water partition coefficient (Wildman–Crippen LogP) is 1.02.